The third-order valence-corrected chi connectivity index (χ3v) is 3.55. The number of rotatable bonds is 1. The number of alkyl halides is 1. The molecule has 0 aliphatic carbocycles. The van der Waals surface area contributed by atoms with E-state index in [-0.39, 0.29) is 15.8 Å². The lowest BCUT2D eigenvalue weighted by Gasteiger charge is -2.32. The molecule has 0 aromatic heterocycles. The molecule has 0 unspecified atom stereocenters. The fraction of sp³-hybridized carbons (Fsp3) is 0.909. The topological polar surface area (TPSA) is 24.4 Å². The minimum Gasteiger partial charge on any atom is -0.368 e. The highest BCUT2D eigenvalue weighted by Gasteiger charge is 2.28. The van der Waals surface area contributed by atoms with Gasteiger partial charge < -0.3 is 5.32 Å². The summed E-state index contributed by atoms with van der Waals surface area (Å²) in [5.74, 6) is 1.02. The molecule has 0 aliphatic heterocycles. The van der Waals surface area contributed by atoms with E-state index in [1.807, 2.05) is 7.05 Å². The Morgan fingerprint density at radius 3 is 1.79 bits per heavy atom. The smallest absolute Gasteiger partial charge is 0.111 e. The molecule has 0 heterocycles. The van der Waals surface area contributed by atoms with E-state index < -0.39 is 0 Å². The third kappa shape index (κ3) is 4.99. The highest BCUT2D eigenvalue weighted by molar-refractivity contribution is 9.10. The van der Waals surface area contributed by atoms with Gasteiger partial charge >= 0.3 is 0 Å². The minimum atomic E-state index is 0.0616. The van der Waals surface area contributed by atoms with Crippen LogP contribution in [0.5, 0.6) is 0 Å². The summed E-state index contributed by atoms with van der Waals surface area (Å²) < 4.78 is 0. The van der Waals surface area contributed by atoms with Crippen LogP contribution in [-0.4, -0.2) is 23.2 Å². The van der Waals surface area contributed by atoms with Crippen LogP contribution in [0, 0.1) is 5.41 Å². The quantitative estimate of drug-likeness (QED) is 0.438. The van der Waals surface area contributed by atoms with E-state index >= 15 is 0 Å². The molecule has 0 amide bonds. The Morgan fingerprint density at radius 1 is 1.14 bits per heavy atom. The molecule has 0 saturated carbocycles. The second-order valence-corrected chi connectivity index (χ2v) is 6.63. The minimum absolute atomic E-state index is 0.0616. The van der Waals surface area contributed by atoms with Crippen molar-refractivity contribution in [2.45, 2.75) is 51.9 Å². The van der Waals surface area contributed by atoms with Crippen molar-refractivity contribution in [3.63, 3.8) is 0 Å². The van der Waals surface area contributed by atoms with E-state index in [1.54, 1.807) is 0 Å². The summed E-state index contributed by atoms with van der Waals surface area (Å²) in [6.07, 6.45) is 0. The van der Waals surface area contributed by atoms with Crippen LogP contribution >= 0.6 is 15.9 Å². The predicted octanol–water partition coefficient (Wildman–Crippen LogP) is 3.21. The largest absolute Gasteiger partial charge is 0.368 e. The monoisotopic (exact) mass is 262 g/mol. The van der Waals surface area contributed by atoms with Crippen molar-refractivity contribution in [3.8, 4) is 0 Å². The number of hydrogen-bond donors (Lipinski definition) is 1. The van der Waals surface area contributed by atoms with Crippen LogP contribution in [0.1, 0.15) is 41.5 Å². The summed E-state index contributed by atoms with van der Waals surface area (Å²) in [5, 5.41) is 3.42. The lowest BCUT2D eigenvalue weighted by Crippen LogP contribution is -2.47. The fourth-order valence-corrected chi connectivity index (χ4v) is 1.35. The zero-order valence-corrected chi connectivity index (χ0v) is 12.0. The van der Waals surface area contributed by atoms with Crippen molar-refractivity contribution >= 4 is 21.8 Å². The van der Waals surface area contributed by atoms with Crippen LogP contribution in [0.3, 0.4) is 0 Å². The molecule has 1 N–H and O–H groups in total. The van der Waals surface area contributed by atoms with Crippen molar-refractivity contribution < 1.29 is 0 Å². The molecule has 0 radical (unpaired) electrons. The van der Waals surface area contributed by atoms with E-state index in [2.05, 4.69) is 67.8 Å². The average molecular weight is 263 g/mol. The Balaban J connectivity index is 4.62. The van der Waals surface area contributed by atoms with Crippen molar-refractivity contribution in [2.24, 2.45) is 10.4 Å². The number of hydrogen-bond acceptors (Lipinski definition) is 1. The summed E-state index contributed by atoms with van der Waals surface area (Å²) in [6, 6.07) is 0. The number of amidine groups is 1. The van der Waals surface area contributed by atoms with Crippen LogP contribution in [0.15, 0.2) is 4.99 Å². The van der Waals surface area contributed by atoms with Gasteiger partial charge in [-0.05, 0) is 26.2 Å². The van der Waals surface area contributed by atoms with Gasteiger partial charge in [0.1, 0.15) is 5.84 Å². The molecule has 0 aromatic rings. The van der Waals surface area contributed by atoms with Crippen LogP contribution in [0.2, 0.25) is 0 Å². The lowest BCUT2D eigenvalue weighted by molar-refractivity contribution is 0.430. The van der Waals surface area contributed by atoms with Gasteiger partial charge in [0.2, 0.25) is 0 Å². The Kier molecular flexibility index (Phi) is 4.63. The van der Waals surface area contributed by atoms with E-state index in [4.69, 9.17) is 0 Å². The third-order valence-electron chi connectivity index (χ3n) is 1.74. The molecule has 2 nitrogen and oxygen atoms in total. The van der Waals surface area contributed by atoms with Gasteiger partial charge in [-0.25, -0.2) is 0 Å². The molecule has 3 heteroatoms. The van der Waals surface area contributed by atoms with Gasteiger partial charge in [-0.3, -0.25) is 4.99 Å². The molecule has 0 aromatic carbocycles. The lowest BCUT2D eigenvalue weighted by atomic mass is 9.91. The van der Waals surface area contributed by atoms with Crippen LogP contribution < -0.4 is 5.32 Å². The van der Waals surface area contributed by atoms with E-state index in [0.717, 1.165) is 5.84 Å². The molecule has 0 bridgehead atoms. The van der Waals surface area contributed by atoms with Gasteiger partial charge in [-0.1, -0.05) is 36.7 Å². The first-order chi connectivity index (χ1) is 6.08. The van der Waals surface area contributed by atoms with Gasteiger partial charge in [0.25, 0.3) is 0 Å². The molecule has 0 spiro atoms. The van der Waals surface area contributed by atoms with E-state index in [1.165, 1.54) is 0 Å². The van der Waals surface area contributed by atoms with Crippen molar-refractivity contribution in [2.75, 3.05) is 7.05 Å². The molecule has 84 valence electrons. The molecular formula is C11H23BrN2. The van der Waals surface area contributed by atoms with Gasteiger partial charge in [0.05, 0.1) is 4.83 Å². The standard InChI is InChI=1S/C11H23BrN2/c1-10(2,3)8(12)9(13-7)14-11(4,5)6/h8H,1-7H3,(H,13,14)/t8-/m1/s1. The summed E-state index contributed by atoms with van der Waals surface area (Å²) in [6.45, 7) is 13.0. The highest BCUT2D eigenvalue weighted by atomic mass is 79.9. The van der Waals surface area contributed by atoms with E-state index in [9.17, 15) is 0 Å². The van der Waals surface area contributed by atoms with Crippen molar-refractivity contribution in [1.82, 2.24) is 5.32 Å². The molecule has 14 heavy (non-hydrogen) atoms. The SMILES string of the molecule is CN=C(NC(C)(C)C)[C@@H](Br)C(C)(C)C. The first-order valence-electron chi connectivity index (χ1n) is 4.97. The maximum absolute atomic E-state index is 4.30. The zero-order chi connectivity index (χ0) is 11.6. The Bertz CT molecular complexity index is 208. The fourth-order valence-electron chi connectivity index (χ4n) is 1.03. The Hall–Kier alpha value is -0.0500. The molecular weight excluding hydrogens is 240 g/mol. The molecule has 0 saturated heterocycles. The van der Waals surface area contributed by atoms with Crippen molar-refractivity contribution in [3.05, 3.63) is 0 Å². The normalized spacial score (nSPS) is 16.7. The number of halogens is 1. The zero-order valence-electron chi connectivity index (χ0n) is 10.4. The number of aliphatic imine (C=N–C) groups is 1. The molecule has 0 rings (SSSR count). The molecule has 0 fully saturated rings. The van der Waals surface area contributed by atoms with E-state index in [0.29, 0.717) is 0 Å². The first kappa shape index (κ1) is 13.9. The first-order valence-corrected chi connectivity index (χ1v) is 5.88. The Labute approximate surface area is 96.7 Å². The van der Waals surface area contributed by atoms with Gasteiger partial charge in [-0.2, -0.15) is 0 Å². The second-order valence-electron chi connectivity index (χ2n) is 5.71. The average Bonchev–Trinajstić information content (AvgIpc) is 1.95. The number of nitrogens with zero attached hydrogens (tertiary/aromatic N) is 1. The van der Waals surface area contributed by atoms with Gasteiger partial charge in [0, 0.05) is 12.6 Å². The summed E-state index contributed by atoms with van der Waals surface area (Å²) in [4.78, 5) is 4.56. The highest BCUT2D eigenvalue weighted by Crippen LogP contribution is 2.27. The Morgan fingerprint density at radius 2 is 1.57 bits per heavy atom. The van der Waals surface area contributed by atoms with Gasteiger partial charge in [-0.15, -0.1) is 0 Å². The summed E-state index contributed by atoms with van der Waals surface area (Å²) in [5.41, 5.74) is 0.235. The predicted molar refractivity (Wildman–Crippen MR) is 68.4 cm³/mol. The van der Waals surface area contributed by atoms with Crippen molar-refractivity contribution in [1.29, 1.82) is 0 Å². The molecule has 0 aliphatic rings. The second kappa shape index (κ2) is 4.65. The van der Waals surface area contributed by atoms with Gasteiger partial charge in [0.15, 0.2) is 0 Å². The van der Waals surface area contributed by atoms with Crippen LogP contribution in [-0.2, 0) is 0 Å². The summed E-state index contributed by atoms with van der Waals surface area (Å²) in [7, 11) is 1.83. The van der Waals surface area contributed by atoms with Crippen LogP contribution in [0.25, 0.3) is 0 Å². The maximum atomic E-state index is 4.30. The molecule has 1 atom stereocenters. The number of nitrogens with one attached hydrogen (secondary N) is 1. The van der Waals surface area contributed by atoms with Crippen LogP contribution in [0.4, 0.5) is 0 Å². The maximum Gasteiger partial charge on any atom is 0.111 e. The summed E-state index contributed by atoms with van der Waals surface area (Å²) >= 11 is 3.68.